The number of benzene rings is 1. The molecule has 1 amide bonds. The van der Waals surface area contributed by atoms with E-state index in [-0.39, 0.29) is 5.91 Å². The van der Waals surface area contributed by atoms with Crippen molar-refractivity contribution in [2.24, 2.45) is 0 Å². The van der Waals surface area contributed by atoms with Gasteiger partial charge in [0.25, 0.3) is 0 Å². The van der Waals surface area contributed by atoms with Crippen molar-refractivity contribution in [3.05, 3.63) is 46.5 Å². The first-order chi connectivity index (χ1) is 10.2. The standard InChI is InChI=1S/C16H19N3OS/c1-12(20)17-16-18-14-7-9-19(10-8-15(14)21-16)11-13-5-3-2-4-6-13/h2-6H,7-11H2,1H3,(H,17,18,20). The van der Waals surface area contributed by atoms with Crippen LogP contribution in [0.25, 0.3) is 0 Å². The fourth-order valence-corrected chi connectivity index (χ4v) is 3.66. The maximum atomic E-state index is 11.1. The Morgan fingerprint density at radius 3 is 2.81 bits per heavy atom. The normalized spacial score (nSPS) is 15.3. The third-order valence-electron chi connectivity index (χ3n) is 3.63. The van der Waals surface area contributed by atoms with Gasteiger partial charge in [-0.15, -0.1) is 11.3 Å². The summed E-state index contributed by atoms with van der Waals surface area (Å²) in [4.78, 5) is 19.4. The molecule has 21 heavy (non-hydrogen) atoms. The molecule has 1 aromatic carbocycles. The van der Waals surface area contributed by atoms with E-state index < -0.39 is 0 Å². The lowest BCUT2D eigenvalue weighted by molar-refractivity contribution is -0.114. The molecule has 3 rings (SSSR count). The van der Waals surface area contributed by atoms with Crippen molar-refractivity contribution in [2.45, 2.75) is 26.3 Å². The first kappa shape index (κ1) is 14.2. The van der Waals surface area contributed by atoms with Gasteiger partial charge in [-0.25, -0.2) is 4.98 Å². The van der Waals surface area contributed by atoms with E-state index in [9.17, 15) is 4.79 Å². The SMILES string of the molecule is CC(=O)Nc1nc2c(s1)CCN(Cc1ccccc1)CC2. The Bertz CT molecular complexity index is 598. The Balaban J connectivity index is 1.63. The molecule has 0 saturated heterocycles. The van der Waals surface area contributed by atoms with E-state index in [1.165, 1.54) is 17.4 Å². The molecule has 4 nitrogen and oxygen atoms in total. The summed E-state index contributed by atoms with van der Waals surface area (Å²) in [7, 11) is 0. The van der Waals surface area contributed by atoms with Gasteiger partial charge in [-0.05, 0) is 12.0 Å². The number of fused-ring (bicyclic) bond motifs is 1. The van der Waals surface area contributed by atoms with Gasteiger partial charge in [0.15, 0.2) is 5.13 Å². The first-order valence-electron chi connectivity index (χ1n) is 7.23. The predicted molar refractivity (Wildman–Crippen MR) is 85.5 cm³/mol. The highest BCUT2D eigenvalue weighted by atomic mass is 32.1. The number of thiazole rings is 1. The van der Waals surface area contributed by atoms with Crippen molar-refractivity contribution in [3.63, 3.8) is 0 Å². The van der Waals surface area contributed by atoms with Crippen molar-refractivity contribution in [2.75, 3.05) is 18.4 Å². The number of hydrogen-bond donors (Lipinski definition) is 1. The lowest BCUT2D eigenvalue weighted by Crippen LogP contribution is -2.26. The number of hydrogen-bond acceptors (Lipinski definition) is 4. The second kappa shape index (κ2) is 6.37. The maximum Gasteiger partial charge on any atom is 0.223 e. The van der Waals surface area contributed by atoms with Crippen LogP contribution in [0.3, 0.4) is 0 Å². The molecule has 0 aliphatic carbocycles. The zero-order valence-electron chi connectivity index (χ0n) is 12.1. The molecule has 0 bridgehead atoms. The summed E-state index contributed by atoms with van der Waals surface area (Å²) in [6, 6.07) is 10.6. The molecule has 0 saturated carbocycles. The maximum absolute atomic E-state index is 11.1. The predicted octanol–water partition coefficient (Wildman–Crippen LogP) is 2.70. The highest BCUT2D eigenvalue weighted by Gasteiger charge is 2.18. The molecule has 1 aliphatic heterocycles. The van der Waals surface area contributed by atoms with E-state index in [0.717, 1.165) is 43.3 Å². The van der Waals surface area contributed by atoms with Crippen LogP contribution in [0.5, 0.6) is 0 Å². The molecule has 1 N–H and O–H groups in total. The number of anilines is 1. The minimum Gasteiger partial charge on any atom is -0.302 e. The molecule has 0 spiro atoms. The molecule has 110 valence electrons. The minimum atomic E-state index is -0.0513. The third kappa shape index (κ3) is 3.68. The number of amides is 1. The fourth-order valence-electron chi connectivity index (χ4n) is 2.61. The van der Waals surface area contributed by atoms with Gasteiger partial charge in [0.2, 0.25) is 5.91 Å². The van der Waals surface area contributed by atoms with Gasteiger partial charge in [0.05, 0.1) is 5.69 Å². The van der Waals surface area contributed by atoms with Crippen LogP contribution in [0, 0.1) is 0 Å². The van der Waals surface area contributed by atoms with Crippen LogP contribution in [-0.2, 0) is 24.2 Å². The Morgan fingerprint density at radius 2 is 2.05 bits per heavy atom. The van der Waals surface area contributed by atoms with Crippen LogP contribution >= 0.6 is 11.3 Å². The molecule has 2 aromatic rings. The monoisotopic (exact) mass is 301 g/mol. The largest absolute Gasteiger partial charge is 0.302 e. The van der Waals surface area contributed by atoms with Crippen LogP contribution in [0.1, 0.15) is 23.1 Å². The molecule has 2 heterocycles. The molecule has 1 aromatic heterocycles. The average Bonchev–Trinajstić information content (AvgIpc) is 2.75. The van der Waals surface area contributed by atoms with E-state index >= 15 is 0 Å². The zero-order chi connectivity index (χ0) is 14.7. The van der Waals surface area contributed by atoms with Crippen molar-refractivity contribution in [1.82, 2.24) is 9.88 Å². The molecule has 0 unspecified atom stereocenters. The number of aromatic nitrogens is 1. The summed E-state index contributed by atoms with van der Waals surface area (Å²) < 4.78 is 0. The Morgan fingerprint density at radius 1 is 1.29 bits per heavy atom. The Hall–Kier alpha value is -1.72. The molecule has 1 aliphatic rings. The molecular formula is C16H19N3OS. The second-order valence-corrected chi connectivity index (χ2v) is 6.42. The van der Waals surface area contributed by atoms with E-state index in [1.807, 2.05) is 0 Å². The van der Waals surface area contributed by atoms with E-state index in [1.54, 1.807) is 11.3 Å². The summed E-state index contributed by atoms with van der Waals surface area (Å²) >= 11 is 1.62. The summed E-state index contributed by atoms with van der Waals surface area (Å²) in [6.07, 6.45) is 1.97. The number of nitrogens with one attached hydrogen (secondary N) is 1. The molecule has 0 radical (unpaired) electrons. The minimum absolute atomic E-state index is 0.0513. The van der Waals surface area contributed by atoms with Crippen molar-refractivity contribution < 1.29 is 4.79 Å². The van der Waals surface area contributed by atoms with Crippen molar-refractivity contribution in [3.8, 4) is 0 Å². The van der Waals surface area contributed by atoms with Crippen LogP contribution in [-0.4, -0.2) is 28.9 Å². The Labute approximate surface area is 128 Å². The summed E-state index contributed by atoms with van der Waals surface area (Å²) in [5, 5.41) is 3.53. The van der Waals surface area contributed by atoms with Gasteiger partial charge in [-0.3, -0.25) is 9.69 Å². The van der Waals surface area contributed by atoms with Crippen LogP contribution < -0.4 is 5.32 Å². The van der Waals surface area contributed by atoms with Gasteiger partial charge >= 0.3 is 0 Å². The molecular weight excluding hydrogens is 282 g/mol. The number of carbonyl (C=O) groups excluding carboxylic acids is 1. The molecule has 5 heteroatoms. The molecule has 0 atom stereocenters. The van der Waals surface area contributed by atoms with Gasteiger partial charge in [0, 0.05) is 37.9 Å². The summed E-state index contributed by atoms with van der Waals surface area (Å²) in [5.41, 5.74) is 2.51. The van der Waals surface area contributed by atoms with E-state index in [0.29, 0.717) is 0 Å². The summed E-state index contributed by atoms with van der Waals surface area (Å²) in [6.45, 7) is 4.58. The number of carbonyl (C=O) groups is 1. The topological polar surface area (TPSA) is 45.2 Å². The summed E-state index contributed by atoms with van der Waals surface area (Å²) in [5.74, 6) is -0.0513. The van der Waals surface area contributed by atoms with Crippen LogP contribution in [0.4, 0.5) is 5.13 Å². The van der Waals surface area contributed by atoms with E-state index in [2.05, 4.69) is 45.5 Å². The third-order valence-corrected chi connectivity index (χ3v) is 4.70. The first-order valence-corrected chi connectivity index (χ1v) is 8.05. The Kier molecular flexibility index (Phi) is 4.31. The van der Waals surface area contributed by atoms with E-state index in [4.69, 9.17) is 0 Å². The lowest BCUT2D eigenvalue weighted by atomic mass is 10.2. The zero-order valence-corrected chi connectivity index (χ0v) is 12.9. The van der Waals surface area contributed by atoms with Crippen LogP contribution in [0.15, 0.2) is 30.3 Å². The number of nitrogens with zero attached hydrogens (tertiary/aromatic N) is 2. The quantitative estimate of drug-likeness (QED) is 0.948. The van der Waals surface area contributed by atoms with Gasteiger partial charge in [-0.2, -0.15) is 0 Å². The highest BCUT2D eigenvalue weighted by molar-refractivity contribution is 7.15. The van der Waals surface area contributed by atoms with Crippen molar-refractivity contribution >= 4 is 22.4 Å². The van der Waals surface area contributed by atoms with Gasteiger partial charge in [0.1, 0.15) is 0 Å². The fraction of sp³-hybridized carbons (Fsp3) is 0.375. The van der Waals surface area contributed by atoms with Gasteiger partial charge < -0.3 is 5.32 Å². The van der Waals surface area contributed by atoms with Crippen molar-refractivity contribution in [1.29, 1.82) is 0 Å². The lowest BCUT2D eigenvalue weighted by Gasteiger charge is -2.19. The molecule has 0 fully saturated rings. The average molecular weight is 301 g/mol. The van der Waals surface area contributed by atoms with Gasteiger partial charge in [-0.1, -0.05) is 30.3 Å². The number of rotatable bonds is 3. The smallest absolute Gasteiger partial charge is 0.223 e. The second-order valence-electron chi connectivity index (χ2n) is 5.33. The van der Waals surface area contributed by atoms with Crippen LogP contribution in [0.2, 0.25) is 0 Å². The highest BCUT2D eigenvalue weighted by Crippen LogP contribution is 2.26.